The van der Waals surface area contributed by atoms with E-state index in [9.17, 15) is 28.4 Å². The predicted octanol–water partition coefficient (Wildman–Crippen LogP) is 3.58. The van der Waals surface area contributed by atoms with Gasteiger partial charge in [-0.3, -0.25) is 10.1 Å². The monoisotopic (exact) mass is 318 g/mol. The first-order valence-corrected chi connectivity index (χ1v) is 7.06. The molecule has 122 valence electrons. The SMILES string of the molecule is O=[N+]([O-])c1cc(C(F)(F)F)ccc1NCC(O)C1CCCC1. The van der Waals surface area contributed by atoms with Gasteiger partial charge in [0.2, 0.25) is 0 Å². The molecule has 1 aliphatic carbocycles. The fourth-order valence-corrected chi connectivity index (χ4v) is 2.73. The smallest absolute Gasteiger partial charge is 0.391 e. The lowest BCUT2D eigenvalue weighted by molar-refractivity contribution is -0.384. The van der Waals surface area contributed by atoms with E-state index in [1.807, 2.05) is 0 Å². The number of benzene rings is 1. The minimum atomic E-state index is -4.63. The lowest BCUT2D eigenvalue weighted by Crippen LogP contribution is -2.27. The number of hydrogen-bond donors (Lipinski definition) is 2. The van der Waals surface area contributed by atoms with Gasteiger partial charge in [0.1, 0.15) is 5.69 Å². The number of aliphatic hydroxyl groups is 1. The van der Waals surface area contributed by atoms with Gasteiger partial charge >= 0.3 is 6.18 Å². The van der Waals surface area contributed by atoms with E-state index < -0.39 is 28.5 Å². The van der Waals surface area contributed by atoms with Gasteiger partial charge in [0, 0.05) is 12.6 Å². The van der Waals surface area contributed by atoms with E-state index >= 15 is 0 Å². The molecule has 0 spiro atoms. The van der Waals surface area contributed by atoms with Crippen molar-refractivity contribution in [2.24, 2.45) is 5.92 Å². The van der Waals surface area contributed by atoms with E-state index in [-0.39, 0.29) is 18.2 Å². The molecule has 1 fully saturated rings. The molecule has 1 saturated carbocycles. The number of halogens is 3. The quantitative estimate of drug-likeness (QED) is 0.643. The summed E-state index contributed by atoms with van der Waals surface area (Å²) in [5.74, 6) is 0.140. The van der Waals surface area contributed by atoms with Crippen molar-refractivity contribution in [3.63, 3.8) is 0 Å². The Balaban J connectivity index is 2.11. The van der Waals surface area contributed by atoms with Crippen LogP contribution in [-0.4, -0.2) is 22.7 Å². The van der Waals surface area contributed by atoms with Crippen LogP contribution in [0.3, 0.4) is 0 Å². The van der Waals surface area contributed by atoms with Crippen LogP contribution in [0.5, 0.6) is 0 Å². The summed E-state index contributed by atoms with van der Waals surface area (Å²) < 4.78 is 37.8. The summed E-state index contributed by atoms with van der Waals surface area (Å²) in [7, 11) is 0. The van der Waals surface area contributed by atoms with Crippen LogP contribution in [-0.2, 0) is 6.18 Å². The van der Waals surface area contributed by atoms with Crippen molar-refractivity contribution in [2.45, 2.75) is 38.0 Å². The van der Waals surface area contributed by atoms with E-state index in [0.29, 0.717) is 6.07 Å². The van der Waals surface area contributed by atoms with Crippen LogP contribution in [0, 0.1) is 16.0 Å². The van der Waals surface area contributed by atoms with Crippen molar-refractivity contribution in [1.29, 1.82) is 0 Å². The van der Waals surface area contributed by atoms with Gasteiger partial charge < -0.3 is 10.4 Å². The molecule has 1 aromatic rings. The number of hydrogen-bond acceptors (Lipinski definition) is 4. The first-order chi connectivity index (χ1) is 10.3. The van der Waals surface area contributed by atoms with E-state index in [0.717, 1.165) is 37.8 Å². The molecule has 2 rings (SSSR count). The van der Waals surface area contributed by atoms with Gasteiger partial charge in [0.25, 0.3) is 5.69 Å². The Morgan fingerprint density at radius 3 is 2.55 bits per heavy atom. The van der Waals surface area contributed by atoms with Gasteiger partial charge in [0.05, 0.1) is 16.6 Å². The molecule has 1 atom stereocenters. The third kappa shape index (κ3) is 3.88. The standard InChI is InChI=1S/C14H17F3N2O3/c15-14(16,17)10-5-6-11(12(7-10)19(21)22)18-8-13(20)9-3-1-2-4-9/h5-7,9,13,18,20H,1-4,8H2. The molecule has 5 nitrogen and oxygen atoms in total. The van der Waals surface area contributed by atoms with Gasteiger partial charge in [0.15, 0.2) is 0 Å². The number of nitro groups is 1. The molecule has 8 heteroatoms. The van der Waals surface area contributed by atoms with Crippen molar-refractivity contribution in [3.05, 3.63) is 33.9 Å². The number of alkyl halides is 3. The van der Waals surface area contributed by atoms with Crippen LogP contribution in [0.25, 0.3) is 0 Å². The van der Waals surface area contributed by atoms with Gasteiger partial charge in [-0.05, 0) is 30.9 Å². The maximum absolute atomic E-state index is 12.6. The van der Waals surface area contributed by atoms with Crippen LogP contribution in [0.4, 0.5) is 24.5 Å². The molecule has 0 saturated heterocycles. The first kappa shape index (κ1) is 16.5. The zero-order valence-corrected chi connectivity index (χ0v) is 11.8. The third-order valence-electron chi connectivity index (χ3n) is 3.97. The molecule has 0 aliphatic heterocycles. The number of nitro benzene ring substituents is 1. The second-order valence-corrected chi connectivity index (χ2v) is 5.48. The number of anilines is 1. The Morgan fingerprint density at radius 2 is 2.00 bits per heavy atom. The van der Waals surface area contributed by atoms with Crippen LogP contribution in [0.2, 0.25) is 0 Å². The van der Waals surface area contributed by atoms with Crippen molar-refractivity contribution >= 4 is 11.4 Å². The van der Waals surface area contributed by atoms with Crippen molar-refractivity contribution < 1.29 is 23.2 Å². The lowest BCUT2D eigenvalue weighted by atomic mass is 10.0. The second-order valence-electron chi connectivity index (χ2n) is 5.48. The molecule has 0 radical (unpaired) electrons. The normalized spacial score (nSPS) is 17.5. The molecule has 2 N–H and O–H groups in total. The van der Waals surface area contributed by atoms with Crippen molar-refractivity contribution in [3.8, 4) is 0 Å². The third-order valence-corrected chi connectivity index (χ3v) is 3.97. The fourth-order valence-electron chi connectivity index (χ4n) is 2.73. The largest absolute Gasteiger partial charge is 0.416 e. The maximum atomic E-state index is 12.6. The number of rotatable bonds is 5. The molecule has 1 aromatic carbocycles. The predicted molar refractivity (Wildman–Crippen MR) is 74.6 cm³/mol. The van der Waals surface area contributed by atoms with Gasteiger partial charge in [-0.15, -0.1) is 0 Å². The van der Waals surface area contributed by atoms with E-state index in [1.165, 1.54) is 0 Å². The van der Waals surface area contributed by atoms with Crippen molar-refractivity contribution in [2.75, 3.05) is 11.9 Å². The summed E-state index contributed by atoms with van der Waals surface area (Å²) in [6, 6.07) is 2.32. The Kier molecular flexibility index (Phi) is 4.90. The van der Waals surface area contributed by atoms with Crippen molar-refractivity contribution in [1.82, 2.24) is 0 Å². The molecule has 22 heavy (non-hydrogen) atoms. The lowest BCUT2D eigenvalue weighted by Gasteiger charge is -2.19. The Labute approximate surface area is 125 Å². The molecule has 0 bridgehead atoms. The van der Waals surface area contributed by atoms with Gasteiger partial charge in [-0.2, -0.15) is 13.2 Å². The molecule has 1 unspecified atom stereocenters. The zero-order chi connectivity index (χ0) is 16.3. The van der Waals surface area contributed by atoms with E-state index in [1.54, 1.807) is 0 Å². The van der Waals surface area contributed by atoms with Crippen LogP contribution in [0.1, 0.15) is 31.2 Å². The summed E-state index contributed by atoms with van der Waals surface area (Å²) in [6.07, 6.45) is -1.41. The number of aliphatic hydroxyl groups excluding tert-OH is 1. The first-order valence-electron chi connectivity index (χ1n) is 7.06. The van der Waals surface area contributed by atoms with E-state index in [2.05, 4.69) is 5.32 Å². The zero-order valence-electron chi connectivity index (χ0n) is 11.8. The summed E-state index contributed by atoms with van der Waals surface area (Å²) >= 11 is 0. The minimum absolute atomic E-state index is 0.0185. The van der Waals surface area contributed by atoms with Crippen LogP contribution < -0.4 is 5.32 Å². The van der Waals surface area contributed by atoms with E-state index in [4.69, 9.17) is 0 Å². The Morgan fingerprint density at radius 1 is 1.36 bits per heavy atom. The average molecular weight is 318 g/mol. The van der Waals surface area contributed by atoms with Crippen LogP contribution in [0.15, 0.2) is 18.2 Å². The highest BCUT2D eigenvalue weighted by molar-refractivity contribution is 5.63. The maximum Gasteiger partial charge on any atom is 0.416 e. The Bertz CT molecular complexity index is 543. The molecule has 0 heterocycles. The van der Waals surface area contributed by atoms with Crippen LogP contribution >= 0.6 is 0 Å². The summed E-state index contributed by atoms with van der Waals surface area (Å²) in [5, 5.41) is 23.6. The number of nitrogens with zero attached hydrogens (tertiary/aromatic N) is 1. The minimum Gasteiger partial charge on any atom is -0.391 e. The average Bonchev–Trinajstić information content (AvgIpc) is 2.97. The summed E-state index contributed by atoms with van der Waals surface area (Å²) in [4.78, 5) is 10.1. The second kappa shape index (κ2) is 6.51. The highest BCUT2D eigenvalue weighted by atomic mass is 19.4. The summed E-state index contributed by atoms with van der Waals surface area (Å²) in [6.45, 7) is 0.0802. The highest BCUT2D eigenvalue weighted by Crippen LogP contribution is 2.35. The molecule has 1 aliphatic rings. The Hall–Kier alpha value is -1.83. The number of nitrogens with one attached hydrogen (secondary N) is 1. The molecular weight excluding hydrogens is 301 g/mol. The summed E-state index contributed by atoms with van der Waals surface area (Å²) in [5.41, 5.74) is -1.73. The highest BCUT2D eigenvalue weighted by Gasteiger charge is 2.33. The fraction of sp³-hybridized carbons (Fsp3) is 0.571. The molecular formula is C14H17F3N2O3. The molecule has 0 aromatic heterocycles. The topological polar surface area (TPSA) is 75.4 Å². The van der Waals surface area contributed by atoms with Gasteiger partial charge in [-0.25, -0.2) is 0 Å². The molecule has 0 amide bonds. The van der Waals surface area contributed by atoms with Gasteiger partial charge in [-0.1, -0.05) is 12.8 Å².